The smallest absolute Gasteiger partial charge is 0.321 e. The van der Waals surface area contributed by atoms with Gasteiger partial charge in [0.2, 0.25) is 0 Å². The molecule has 1 heterocycles. The van der Waals surface area contributed by atoms with Crippen molar-refractivity contribution in [2.45, 2.75) is 13.5 Å². The van der Waals surface area contributed by atoms with Gasteiger partial charge in [-0.3, -0.25) is 4.90 Å². The lowest BCUT2D eigenvalue weighted by molar-refractivity contribution is 0.143. The molecule has 0 unspecified atom stereocenters. The van der Waals surface area contributed by atoms with Gasteiger partial charge >= 0.3 is 6.03 Å². The first-order chi connectivity index (χ1) is 12.0. The number of rotatable bonds is 3. The topological polar surface area (TPSA) is 35.6 Å². The molecule has 0 atom stereocenters. The lowest BCUT2D eigenvalue weighted by atomic mass is 10.2. The predicted octanol–water partition coefficient (Wildman–Crippen LogP) is 4.25. The first-order valence-electron chi connectivity index (χ1n) is 8.30. The highest BCUT2D eigenvalue weighted by Crippen LogP contribution is 2.16. The van der Waals surface area contributed by atoms with Crippen LogP contribution in [-0.2, 0) is 6.54 Å². The molecule has 1 aliphatic heterocycles. The molecule has 1 fully saturated rings. The minimum Gasteiger partial charge on any atom is -0.322 e. The maximum Gasteiger partial charge on any atom is 0.321 e. The molecule has 2 aromatic carbocycles. The molecule has 0 radical (unpaired) electrons. The zero-order valence-electron chi connectivity index (χ0n) is 14.1. The summed E-state index contributed by atoms with van der Waals surface area (Å²) in [5.74, 6) is -0.309. The van der Waals surface area contributed by atoms with Crippen molar-refractivity contribution in [2.24, 2.45) is 0 Å². The third-order valence-corrected chi connectivity index (χ3v) is 4.87. The number of carbonyl (C=O) groups excluding carboxylic acids is 1. The average Bonchev–Trinajstić information content (AvgIpc) is 2.59. The molecule has 6 heteroatoms. The van der Waals surface area contributed by atoms with Gasteiger partial charge in [0, 0.05) is 42.9 Å². The van der Waals surface area contributed by atoms with Crippen molar-refractivity contribution in [3.8, 4) is 0 Å². The molecule has 0 spiro atoms. The van der Waals surface area contributed by atoms with Crippen LogP contribution in [0.1, 0.15) is 11.1 Å². The number of carbonyl (C=O) groups is 1. The molecule has 2 amide bonds. The summed E-state index contributed by atoms with van der Waals surface area (Å²) in [5, 5.41) is 2.77. The Hall–Kier alpha value is -1.92. The van der Waals surface area contributed by atoms with E-state index in [0.29, 0.717) is 24.3 Å². The molecule has 25 heavy (non-hydrogen) atoms. The number of piperazine rings is 1. The number of nitrogens with zero attached hydrogens (tertiary/aromatic N) is 2. The van der Waals surface area contributed by atoms with Crippen LogP contribution in [0.2, 0.25) is 0 Å². The Morgan fingerprint density at radius 2 is 1.92 bits per heavy atom. The lowest BCUT2D eigenvalue weighted by Crippen LogP contribution is -2.49. The van der Waals surface area contributed by atoms with E-state index in [4.69, 9.17) is 0 Å². The summed E-state index contributed by atoms with van der Waals surface area (Å²) in [4.78, 5) is 16.4. The molecule has 2 aromatic rings. The standard InChI is InChI=1S/C19H21BrFN3O/c1-14-5-6-17(12-18(14)21)22-19(25)24-9-7-23(8-10-24)13-15-3-2-4-16(20)11-15/h2-6,11-12H,7-10,13H2,1H3,(H,22,25). The maximum atomic E-state index is 13.6. The van der Waals surface area contributed by atoms with Crippen LogP contribution in [0.15, 0.2) is 46.9 Å². The second-order valence-corrected chi connectivity index (χ2v) is 7.20. The van der Waals surface area contributed by atoms with Gasteiger partial charge in [-0.05, 0) is 42.3 Å². The van der Waals surface area contributed by atoms with Gasteiger partial charge < -0.3 is 10.2 Å². The predicted molar refractivity (Wildman–Crippen MR) is 101 cm³/mol. The molecule has 0 aliphatic carbocycles. The quantitative estimate of drug-likeness (QED) is 0.828. The Morgan fingerprint density at radius 1 is 1.16 bits per heavy atom. The van der Waals surface area contributed by atoms with E-state index in [-0.39, 0.29) is 11.8 Å². The van der Waals surface area contributed by atoms with Crippen molar-refractivity contribution < 1.29 is 9.18 Å². The van der Waals surface area contributed by atoms with Crippen LogP contribution in [0, 0.1) is 12.7 Å². The molecule has 1 N–H and O–H groups in total. The number of benzene rings is 2. The Kier molecular flexibility index (Phi) is 5.71. The van der Waals surface area contributed by atoms with Gasteiger partial charge in [-0.15, -0.1) is 0 Å². The Balaban J connectivity index is 1.51. The van der Waals surface area contributed by atoms with E-state index >= 15 is 0 Å². The van der Waals surface area contributed by atoms with Crippen LogP contribution in [0.25, 0.3) is 0 Å². The van der Waals surface area contributed by atoms with Crippen LogP contribution in [0.4, 0.5) is 14.9 Å². The SMILES string of the molecule is Cc1ccc(NC(=O)N2CCN(Cc3cccc(Br)c3)CC2)cc1F. The van der Waals surface area contributed by atoms with Crippen molar-refractivity contribution in [3.05, 3.63) is 63.9 Å². The number of hydrogen-bond acceptors (Lipinski definition) is 2. The second-order valence-electron chi connectivity index (χ2n) is 6.29. The Morgan fingerprint density at radius 3 is 2.60 bits per heavy atom. The molecule has 0 saturated carbocycles. The van der Waals surface area contributed by atoms with Crippen LogP contribution in [0.3, 0.4) is 0 Å². The number of amides is 2. The summed E-state index contributed by atoms with van der Waals surface area (Å²) < 4.78 is 14.7. The normalized spacial score (nSPS) is 15.2. The molecule has 132 valence electrons. The third-order valence-electron chi connectivity index (χ3n) is 4.38. The Labute approximate surface area is 155 Å². The van der Waals surface area contributed by atoms with Crippen LogP contribution < -0.4 is 5.32 Å². The summed E-state index contributed by atoms with van der Waals surface area (Å²) in [6.45, 7) is 5.54. The highest BCUT2D eigenvalue weighted by Gasteiger charge is 2.21. The van der Waals surface area contributed by atoms with Crippen molar-refractivity contribution in [1.82, 2.24) is 9.80 Å². The van der Waals surface area contributed by atoms with Gasteiger partial charge in [-0.25, -0.2) is 9.18 Å². The number of urea groups is 1. The fourth-order valence-electron chi connectivity index (χ4n) is 2.88. The fourth-order valence-corrected chi connectivity index (χ4v) is 3.32. The van der Waals surface area contributed by atoms with Crippen LogP contribution in [-0.4, -0.2) is 42.0 Å². The van der Waals surface area contributed by atoms with E-state index in [2.05, 4.69) is 38.3 Å². The van der Waals surface area contributed by atoms with E-state index in [9.17, 15) is 9.18 Å². The second kappa shape index (κ2) is 7.97. The minimum atomic E-state index is -0.309. The van der Waals surface area contributed by atoms with Gasteiger partial charge in [0.15, 0.2) is 0 Å². The zero-order valence-corrected chi connectivity index (χ0v) is 15.7. The highest BCUT2D eigenvalue weighted by atomic mass is 79.9. The molecule has 0 aromatic heterocycles. The van der Waals surface area contributed by atoms with Crippen LogP contribution in [0.5, 0.6) is 0 Å². The van der Waals surface area contributed by atoms with Gasteiger partial charge in [-0.2, -0.15) is 0 Å². The minimum absolute atomic E-state index is 0.176. The van der Waals surface area contributed by atoms with Gasteiger partial charge in [0.25, 0.3) is 0 Å². The van der Waals surface area contributed by atoms with Crippen LogP contribution >= 0.6 is 15.9 Å². The molecule has 4 nitrogen and oxygen atoms in total. The van der Waals surface area contributed by atoms with E-state index in [0.717, 1.165) is 24.1 Å². The van der Waals surface area contributed by atoms with E-state index in [1.807, 2.05) is 12.1 Å². The van der Waals surface area contributed by atoms with E-state index in [1.165, 1.54) is 11.6 Å². The van der Waals surface area contributed by atoms with Gasteiger partial charge in [0.1, 0.15) is 5.82 Å². The van der Waals surface area contributed by atoms with E-state index < -0.39 is 0 Å². The summed E-state index contributed by atoms with van der Waals surface area (Å²) in [6.07, 6.45) is 0. The summed E-state index contributed by atoms with van der Waals surface area (Å²) >= 11 is 3.49. The summed E-state index contributed by atoms with van der Waals surface area (Å²) in [7, 11) is 0. The summed E-state index contributed by atoms with van der Waals surface area (Å²) in [6, 6.07) is 12.8. The number of aryl methyl sites for hydroxylation is 1. The number of anilines is 1. The van der Waals surface area contributed by atoms with Crippen molar-refractivity contribution >= 4 is 27.6 Å². The monoisotopic (exact) mass is 405 g/mol. The van der Waals surface area contributed by atoms with Gasteiger partial charge in [-0.1, -0.05) is 34.1 Å². The first-order valence-corrected chi connectivity index (χ1v) is 9.09. The zero-order chi connectivity index (χ0) is 17.8. The molecule has 3 rings (SSSR count). The summed E-state index contributed by atoms with van der Waals surface area (Å²) in [5.41, 5.74) is 2.31. The number of hydrogen-bond donors (Lipinski definition) is 1. The van der Waals surface area contributed by atoms with Crippen molar-refractivity contribution in [2.75, 3.05) is 31.5 Å². The molecule has 1 saturated heterocycles. The molecule has 0 bridgehead atoms. The number of nitrogens with one attached hydrogen (secondary N) is 1. The van der Waals surface area contributed by atoms with E-state index in [1.54, 1.807) is 24.0 Å². The molecular weight excluding hydrogens is 385 g/mol. The molecular formula is C19H21BrFN3O. The Bertz CT molecular complexity index is 760. The highest BCUT2D eigenvalue weighted by molar-refractivity contribution is 9.10. The van der Waals surface area contributed by atoms with Gasteiger partial charge in [0.05, 0.1) is 0 Å². The maximum absolute atomic E-state index is 13.6. The van der Waals surface area contributed by atoms with Crippen molar-refractivity contribution in [1.29, 1.82) is 0 Å². The molecule has 1 aliphatic rings. The third kappa shape index (κ3) is 4.80. The fraction of sp³-hybridized carbons (Fsp3) is 0.316. The lowest BCUT2D eigenvalue weighted by Gasteiger charge is -2.34. The largest absolute Gasteiger partial charge is 0.322 e. The first kappa shape index (κ1) is 17.9. The number of halogens is 2. The average molecular weight is 406 g/mol. The van der Waals surface area contributed by atoms with Crippen molar-refractivity contribution in [3.63, 3.8) is 0 Å².